The monoisotopic (exact) mass is 209 g/mol. The summed E-state index contributed by atoms with van der Waals surface area (Å²) in [4.78, 5) is 11.0. The lowest BCUT2D eigenvalue weighted by Crippen LogP contribution is -2.23. The van der Waals surface area contributed by atoms with Crippen molar-refractivity contribution in [2.75, 3.05) is 0 Å². The van der Waals surface area contributed by atoms with E-state index < -0.39 is 5.97 Å². The molecule has 2 aromatic carbocycles. The molecule has 2 aromatic rings. The molecule has 1 aliphatic rings. The maximum absolute atomic E-state index is 11.0. The third kappa shape index (κ3) is 1.16. The van der Waals surface area contributed by atoms with E-state index in [-0.39, 0.29) is 0 Å². The molecule has 78 valence electrons. The van der Waals surface area contributed by atoms with Gasteiger partial charge in [-0.3, -0.25) is 0 Å². The lowest BCUT2D eigenvalue weighted by molar-refractivity contribution is -0.255. The third-order valence-electron chi connectivity index (χ3n) is 3.07. The fraction of sp³-hybridized carbons (Fsp3) is 0.0714. The minimum absolute atomic E-state index is 0.314. The van der Waals surface area contributed by atoms with E-state index in [0.29, 0.717) is 12.0 Å². The highest BCUT2D eigenvalue weighted by Crippen LogP contribution is 2.37. The summed E-state index contributed by atoms with van der Waals surface area (Å²) in [5.74, 6) is -1.09. The molecule has 0 aliphatic heterocycles. The zero-order chi connectivity index (χ0) is 11.1. The fourth-order valence-corrected chi connectivity index (χ4v) is 2.35. The zero-order valence-electron chi connectivity index (χ0n) is 8.57. The average Bonchev–Trinajstić information content (AvgIpc) is 2.67. The molecule has 0 unspecified atom stereocenters. The number of carboxylic acid groups (broad SMARTS) is 1. The number of fused-ring (bicyclic) bond motifs is 3. The van der Waals surface area contributed by atoms with Crippen molar-refractivity contribution in [3.63, 3.8) is 0 Å². The summed E-state index contributed by atoms with van der Waals surface area (Å²) in [6.07, 6.45) is 0.690. The SMILES string of the molecule is O=C([O-])c1cccc2c1Cc1ccccc1-2. The van der Waals surface area contributed by atoms with Gasteiger partial charge < -0.3 is 9.90 Å². The topological polar surface area (TPSA) is 40.1 Å². The van der Waals surface area contributed by atoms with Crippen LogP contribution in [0.2, 0.25) is 0 Å². The molecule has 0 atom stereocenters. The Labute approximate surface area is 93.2 Å². The Balaban J connectivity index is 2.28. The highest BCUT2D eigenvalue weighted by molar-refractivity contribution is 5.93. The largest absolute Gasteiger partial charge is 0.545 e. The van der Waals surface area contributed by atoms with Crippen molar-refractivity contribution in [2.45, 2.75) is 6.42 Å². The Morgan fingerprint density at radius 1 is 1.00 bits per heavy atom. The van der Waals surface area contributed by atoms with E-state index in [1.165, 1.54) is 5.56 Å². The first-order valence-corrected chi connectivity index (χ1v) is 5.19. The number of benzene rings is 2. The molecule has 2 nitrogen and oxygen atoms in total. The van der Waals surface area contributed by atoms with Crippen molar-refractivity contribution in [1.29, 1.82) is 0 Å². The first kappa shape index (κ1) is 9.16. The molecule has 0 spiro atoms. The molecule has 0 saturated heterocycles. The van der Waals surface area contributed by atoms with Crippen molar-refractivity contribution < 1.29 is 9.90 Å². The van der Waals surface area contributed by atoms with E-state index in [0.717, 1.165) is 16.7 Å². The van der Waals surface area contributed by atoms with E-state index in [9.17, 15) is 9.90 Å². The van der Waals surface area contributed by atoms with Gasteiger partial charge in [-0.1, -0.05) is 42.5 Å². The molecule has 0 heterocycles. The van der Waals surface area contributed by atoms with Crippen molar-refractivity contribution in [3.05, 3.63) is 59.2 Å². The van der Waals surface area contributed by atoms with Gasteiger partial charge in [0.15, 0.2) is 0 Å². The van der Waals surface area contributed by atoms with Crippen LogP contribution in [0.3, 0.4) is 0 Å². The van der Waals surface area contributed by atoms with Gasteiger partial charge in [-0.15, -0.1) is 0 Å². The summed E-state index contributed by atoms with van der Waals surface area (Å²) in [5, 5.41) is 11.0. The molecular formula is C14H9O2-. The van der Waals surface area contributed by atoms with Crippen molar-refractivity contribution >= 4 is 5.97 Å². The van der Waals surface area contributed by atoms with E-state index in [4.69, 9.17) is 0 Å². The molecule has 16 heavy (non-hydrogen) atoms. The van der Waals surface area contributed by atoms with Crippen molar-refractivity contribution in [1.82, 2.24) is 0 Å². The maximum Gasteiger partial charge on any atom is 0.0718 e. The zero-order valence-corrected chi connectivity index (χ0v) is 8.57. The van der Waals surface area contributed by atoms with Crippen LogP contribution in [0.4, 0.5) is 0 Å². The molecule has 0 radical (unpaired) electrons. The number of carboxylic acids is 1. The van der Waals surface area contributed by atoms with Gasteiger partial charge in [0.25, 0.3) is 0 Å². The first-order valence-electron chi connectivity index (χ1n) is 5.19. The van der Waals surface area contributed by atoms with Crippen molar-refractivity contribution in [2.24, 2.45) is 0 Å². The number of rotatable bonds is 1. The maximum atomic E-state index is 11.0. The van der Waals surface area contributed by atoms with Gasteiger partial charge >= 0.3 is 0 Å². The first-order chi connectivity index (χ1) is 7.77. The Hall–Kier alpha value is -2.09. The van der Waals surface area contributed by atoms with Gasteiger partial charge in [0.2, 0.25) is 0 Å². The number of hydrogen-bond acceptors (Lipinski definition) is 2. The van der Waals surface area contributed by atoms with Crippen LogP contribution in [0.1, 0.15) is 21.5 Å². The normalized spacial score (nSPS) is 12.0. The minimum Gasteiger partial charge on any atom is -0.545 e. The Kier molecular flexibility index (Phi) is 1.83. The highest BCUT2D eigenvalue weighted by Gasteiger charge is 2.20. The quantitative estimate of drug-likeness (QED) is 0.611. The Bertz CT molecular complexity index is 585. The van der Waals surface area contributed by atoms with E-state index in [1.807, 2.05) is 30.3 Å². The lowest BCUT2D eigenvalue weighted by atomic mass is 10.0. The second kappa shape index (κ2) is 3.20. The number of carbonyl (C=O) groups is 1. The van der Waals surface area contributed by atoms with Crippen LogP contribution in [-0.4, -0.2) is 5.97 Å². The number of aromatic carboxylic acids is 1. The van der Waals surface area contributed by atoms with Gasteiger partial charge in [-0.25, -0.2) is 0 Å². The van der Waals surface area contributed by atoms with Gasteiger partial charge in [-0.2, -0.15) is 0 Å². The molecule has 0 N–H and O–H groups in total. The number of hydrogen-bond donors (Lipinski definition) is 0. The lowest BCUT2D eigenvalue weighted by Gasteiger charge is -2.08. The second-order valence-corrected chi connectivity index (χ2v) is 3.95. The molecule has 1 aliphatic carbocycles. The number of carbonyl (C=O) groups excluding carboxylic acids is 1. The highest BCUT2D eigenvalue weighted by atomic mass is 16.4. The summed E-state index contributed by atoms with van der Waals surface area (Å²) < 4.78 is 0. The molecule has 0 saturated carbocycles. The fourth-order valence-electron chi connectivity index (χ4n) is 2.35. The van der Waals surface area contributed by atoms with Gasteiger partial charge in [-0.05, 0) is 28.7 Å². The predicted octanol–water partition coefficient (Wildman–Crippen LogP) is 1.62. The van der Waals surface area contributed by atoms with Crippen molar-refractivity contribution in [3.8, 4) is 11.1 Å². The van der Waals surface area contributed by atoms with Crippen LogP contribution in [0.5, 0.6) is 0 Å². The predicted molar refractivity (Wildman–Crippen MR) is 59.0 cm³/mol. The average molecular weight is 209 g/mol. The van der Waals surface area contributed by atoms with Gasteiger partial charge in [0.05, 0.1) is 5.97 Å². The molecule has 0 aromatic heterocycles. The van der Waals surface area contributed by atoms with Crippen LogP contribution < -0.4 is 5.11 Å². The van der Waals surface area contributed by atoms with Gasteiger partial charge in [0, 0.05) is 5.56 Å². The van der Waals surface area contributed by atoms with E-state index >= 15 is 0 Å². The summed E-state index contributed by atoms with van der Waals surface area (Å²) in [6, 6.07) is 13.4. The van der Waals surface area contributed by atoms with Crippen LogP contribution >= 0.6 is 0 Å². The molecule has 3 rings (SSSR count). The van der Waals surface area contributed by atoms with Crippen LogP contribution in [0, 0.1) is 0 Å². The van der Waals surface area contributed by atoms with E-state index in [1.54, 1.807) is 12.1 Å². The molecular weight excluding hydrogens is 200 g/mol. The summed E-state index contributed by atoms with van der Waals surface area (Å²) in [6.45, 7) is 0. The smallest absolute Gasteiger partial charge is 0.0718 e. The van der Waals surface area contributed by atoms with Crippen LogP contribution in [-0.2, 0) is 6.42 Å². The molecule has 0 bridgehead atoms. The summed E-state index contributed by atoms with van der Waals surface area (Å²) >= 11 is 0. The second-order valence-electron chi connectivity index (χ2n) is 3.95. The van der Waals surface area contributed by atoms with Crippen LogP contribution in [0.25, 0.3) is 11.1 Å². The molecule has 0 fully saturated rings. The Morgan fingerprint density at radius 3 is 2.56 bits per heavy atom. The van der Waals surface area contributed by atoms with Crippen LogP contribution in [0.15, 0.2) is 42.5 Å². The summed E-state index contributed by atoms with van der Waals surface area (Å²) in [5.41, 5.74) is 4.54. The molecule has 2 heteroatoms. The summed E-state index contributed by atoms with van der Waals surface area (Å²) in [7, 11) is 0. The minimum atomic E-state index is -1.09. The Morgan fingerprint density at radius 2 is 1.75 bits per heavy atom. The standard InChI is InChI=1S/C14H10O2/c15-14(16)12-7-3-6-11-10-5-2-1-4-9(10)8-13(11)12/h1-7H,8H2,(H,15,16)/p-1. The van der Waals surface area contributed by atoms with Gasteiger partial charge in [0.1, 0.15) is 0 Å². The molecule has 0 amide bonds. The third-order valence-corrected chi connectivity index (χ3v) is 3.07. The van der Waals surface area contributed by atoms with E-state index in [2.05, 4.69) is 0 Å².